The van der Waals surface area contributed by atoms with Gasteiger partial charge in [-0.15, -0.1) is 0 Å². The number of nitrogens with one attached hydrogen (secondary N) is 1. The van der Waals surface area contributed by atoms with Gasteiger partial charge in [0.25, 0.3) is 0 Å². The number of hydrogen-bond donors (Lipinski definition) is 1. The van der Waals surface area contributed by atoms with E-state index in [1.54, 1.807) is 0 Å². The Morgan fingerprint density at radius 1 is 1.11 bits per heavy atom. The van der Waals surface area contributed by atoms with Crippen molar-refractivity contribution in [1.29, 1.82) is 0 Å². The van der Waals surface area contributed by atoms with Crippen molar-refractivity contribution in [1.82, 2.24) is 5.32 Å². The van der Waals surface area contributed by atoms with Crippen LogP contribution in [0.5, 0.6) is 11.5 Å². The highest BCUT2D eigenvalue weighted by molar-refractivity contribution is 5.45. The molecule has 3 nitrogen and oxygen atoms in total. The zero-order chi connectivity index (χ0) is 13.7. The normalized spacial score (nSPS) is 21.8. The van der Waals surface area contributed by atoms with Crippen LogP contribution in [0.25, 0.3) is 0 Å². The van der Waals surface area contributed by atoms with Gasteiger partial charge in [0.1, 0.15) is 0 Å². The lowest BCUT2D eigenvalue weighted by molar-refractivity contribution is 0.232. The van der Waals surface area contributed by atoms with Crippen molar-refractivity contribution in [2.24, 2.45) is 0 Å². The van der Waals surface area contributed by atoms with Crippen molar-refractivity contribution in [3.05, 3.63) is 23.8 Å². The van der Waals surface area contributed by atoms with Crippen molar-refractivity contribution in [2.75, 3.05) is 19.8 Å². The Labute approximate surface area is 116 Å². The highest BCUT2D eigenvalue weighted by Crippen LogP contribution is 2.36. The van der Waals surface area contributed by atoms with E-state index in [9.17, 15) is 0 Å². The standard InChI is InChI=1S/C16H25NO2/c1-4-10-18-14-7-6-13(16(3)8-9-17-16)12-15(14)19-11-5-2/h6-7,12,17H,4-5,8-11H2,1-3H3. The van der Waals surface area contributed by atoms with Crippen LogP contribution in [0.1, 0.15) is 45.6 Å². The van der Waals surface area contributed by atoms with Crippen LogP contribution in [-0.4, -0.2) is 19.8 Å². The first kappa shape index (κ1) is 14.2. The third-order valence-corrected chi connectivity index (χ3v) is 3.64. The molecule has 1 unspecified atom stereocenters. The fourth-order valence-corrected chi connectivity index (χ4v) is 2.25. The first-order valence-corrected chi connectivity index (χ1v) is 7.34. The van der Waals surface area contributed by atoms with Gasteiger partial charge in [0.05, 0.1) is 13.2 Å². The fourth-order valence-electron chi connectivity index (χ4n) is 2.25. The molecule has 2 rings (SSSR count). The molecular weight excluding hydrogens is 238 g/mol. The predicted octanol–water partition coefficient (Wildman–Crippen LogP) is 3.47. The van der Waals surface area contributed by atoms with Crippen LogP contribution in [-0.2, 0) is 5.54 Å². The van der Waals surface area contributed by atoms with Gasteiger partial charge in [-0.05, 0) is 50.4 Å². The van der Waals surface area contributed by atoms with Gasteiger partial charge in [0.15, 0.2) is 11.5 Å². The molecule has 0 saturated carbocycles. The molecule has 1 atom stereocenters. The van der Waals surface area contributed by atoms with Crippen LogP contribution >= 0.6 is 0 Å². The van der Waals surface area contributed by atoms with Gasteiger partial charge < -0.3 is 14.8 Å². The topological polar surface area (TPSA) is 30.5 Å². The average molecular weight is 263 g/mol. The lowest BCUT2D eigenvalue weighted by Gasteiger charge is -2.40. The molecular formula is C16H25NO2. The molecule has 1 aliphatic rings. The maximum absolute atomic E-state index is 5.83. The molecule has 0 aliphatic carbocycles. The average Bonchev–Trinajstić information content (AvgIpc) is 2.40. The first-order chi connectivity index (χ1) is 9.19. The predicted molar refractivity (Wildman–Crippen MR) is 78.0 cm³/mol. The van der Waals surface area contributed by atoms with E-state index in [2.05, 4.69) is 38.2 Å². The molecule has 1 fully saturated rings. The summed E-state index contributed by atoms with van der Waals surface area (Å²) in [5.74, 6) is 1.74. The Kier molecular flexibility index (Phi) is 4.70. The molecule has 1 aliphatic heterocycles. The monoisotopic (exact) mass is 263 g/mol. The Hall–Kier alpha value is -1.22. The fraction of sp³-hybridized carbons (Fsp3) is 0.625. The zero-order valence-corrected chi connectivity index (χ0v) is 12.3. The van der Waals surface area contributed by atoms with Gasteiger partial charge in [-0.3, -0.25) is 0 Å². The number of rotatable bonds is 7. The highest BCUT2D eigenvalue weighted by Gasteiger charge is 2.33. The molecule has 1 saturated heterocycles. The molecule has 1 aromatic carbocycles. The second kappa shape index (κ2) is 6.29. The van der Waals surface area contributed by atoms with Gasteiger partial charge in [-0.2, -0.15) is 0 Å². The summed E-state index contributed by atoms with van der Waals surface area (Å²) in [5, 5.41) is 3.49. The molecule has 1 N–H and O–H groups in total. The van der Waals surface area contributed by atoms with Crippen molar-refractivity contribution in [3.63, 3.8) is 0 Å². The largest absolute Gasteiger partial charge is 0.490 e. The van der Waals surface area contributed by atoms with E-state index < -0.39 is 0 Å². The minimum absolute atomic E-state index is 0.105. The van der Waals surface area contributed by atoms with Crippen LogP contribution in [0.2, 0.25) is 0 Å². The number of hydrogen-bond acceptors (Lipinski definition) is 3. The van der Waals surface area contributed by atoms with Gasteiger partial charge in [0, 0.05) is 5.54 Å². The van der Waals surface area contributed by atoms with Crippen LogP contribution in [0.3, 0.4) is 0 Å². The molecule has 0 spiro atoms. The summed E-state index contributed by atoms with van der Waals surface area (Å²) in [6.07, 6.45) is 3.19. The molecule has 1 aromatic rings. The van der Waals surface area contributed by atoms with E-state index in [-0.39, 0.29) is 5.54 Å². The van der Waals surface area contributed by atoms with Gasteiger partial charge in [0.2, 0.25) is 0 Å². The van der Waals surface area contributed by atoms with Crippen molar-refractivity contribution in [2.45, 2.75) is 45.6 Å². The van der Waals surface area contributed by atoms with Gasteiger partial charge in [-0.25, -0.2) is 0 Å². The smallest absolute Gasteiger partial charge is 0.161 e. The molecule has 106 valence electrons. The maximum atomic E-state index is 5.83. The van der Waals surface area contributed by atoms with E-state index in [1.807, 2.05) is 6.07 Å². The van der Waals surface area contributed by atoms with E-state index in [1.165, 1.54) is 12.0 Å². The third-order valence-electron chi connectivity index (χ3n) is 3.64. The summed E-state index contributed by atoms with van der Waals surface area (Å²) in [6.45, 7) is 9.02. The molecule has 0 radical (unpaired) electrons. The van der Waals surface area contributed by atoms with E-state index in [0.717, 1.165) is 44.1 Å². The van der Waals surface area contributed by atoms with Crippen LogP contribution < -0.4 is 14.8 Å². The summed E-state index contributed by atoms with van der Waals surface area (Å²) in [6, 6.07) is 6.32. The Balaban J connectivity index is 2.19. The van der Waals surface area contributed by atoms with Crippen LogP contribution in [0.15, 0.2) is 18.2 Å². The molecule has 19 heavy (non-hydrogen) atoms. The van der Waals surface area contributed by atoms with Crippen LogP contribution in [0.4, 0.5) is 0 Å². The lowest BCUT2D eigenvalue weighted by atomic mass is 9.83. The zero-order valence-electron chi connectivity index (χ0n) is 12.3. The Morgan fingerprint density at radius 3 is 2.26 bits per heavy atom. The van der Waals surface area contributed by atoms with Crippen molar-refractivity contribution >= 4 is 0 Å². The lowest BCUT2D eigenvalue weighted by Crippen LogP contribution is -2.51. The molecule has 0 bridgehead atoms. The molecule has 1 heterocycles. The van der Waals surface area contributed by atoms with Crippen molar-refractivity contribution < 1.29 is 9.47 Å². The minimum atomic E-state index is 0.105. The van der Waals surface area contributed by atoms with Crippen molar-refractivity contribution in [3.8, 4) is 11.5 Å². The number of benzene rings is 1. The molecule has 0 amide bonds. The van der Waals surface area contributed by atoms with Crippen LogP contribution in [0, 0.1) is 0 Å². The Morgan fingerprint density at radius 2 is 1.74 bits per heavy atom. The highest BCUT2D eigenvalue weighted by atomic mass is 16.5. The SMILES string of the molecule is CCCOc1ccc(C2(C)CCN2)cc1OCCC. The maximum Gasteiger partial charge on any atom is 0.161 e. The summed E-state index contributed by atoms with van der Waals surface area (Å²) in [5.41, 5.74) is 1.39. The summed E-state index contributed by atoms with van der Waals surface area (Å²) < 4.78 is 11.6. The second-order valence-electron chi connectivity index (χ2n) is 5.37. The quantitative estimate of drug-likeness (QED) is 0.817. The van der Waals surface area contributed by atoms with E-state index in [0.29, 0.717) is 0 Å². The van der Waals surface area contributed by atoms with Gasteiger partial charge >= 0.3 is 0 Å². The third kappa shape index (κ3) is 3.21. The van der Waals surface area contributed by atoms with E-state index in [4.69, 9.17) is 9.47 Å². The summed E-state index contributed by atoms with van der Waals surface area (Å²) >= 11 is 0. The minimum Gasteiger partial charge on any atom is -0.490 e. The van der Waals surface area contributed by atoms with E-state index >= 15 is 0 Å². The second-order valence-corrected chi connectivity index (χ2v) is 5.37. The number of ether oxygens (including phenoxy) is 2. The Bertz CT molecular complexity index is 413. The molecule has 0 aromatic heterocycles. The summed E-state index contributed by atoms with van der Waals surface area (Å²) in [7, 11) is 0. The molecule has 3 heteroatoms. The van der Waals surface area contributed by atoms with Gasteiger partial charge in [-0.1, -0.05) is 19.9 Å². The first-order valence-electron chi connectivity index (χ1n) is 7.34. The summed E-state index contributed by atoms with van der Waals surface area (Å²) in [4.78, 5) is 0.